The Morgan fingerprint density at radius 3 is 1.19 bits per heavy atom. The van der Waals surface area contributed by atoms with Crippen LogP contribution in [0, 0.1) is 35.5 Å². The molecule has 188 valence electrons. The molecule has 0 radical (unpaired) electrons. The van der Waals surface area contributed by atoms with E-state index in [0.717, 1.165) is 35.5 Å². The second kappa shape index (κ2) is 15.8. The first-order valence-corrected chi connectivity index (χ1v) is 15.8. The highest BCUT2D eigenvalue weighted by molar-refractivity contribution is 4.83. The van der Waals surface area contributed by atoms with Crippen molar-refractivity contribution in [3.63, 3.8) is 0 Å². The summed E-state index contributed by atoms with van der Waals surface area (Å²) >= 11 is 0. The van der Waals surface area contributed by atoms with Crippen molar-refractivity contribution >= 4 is 0 Å². The van der Waals surface area contributed by atoms with Crippen LogP contribution < -0.4 is 0 Å². The first-order chi connectivity index (χ1) is 15.8. The molecule has 0 aromatic rings. The van der Waals surface area contributed by atoms with Crippen LogP contribution in [-0.4, -0.2) is 0 Å². The van der Waals surface area contributed by atoms with Gasteiger partial charge in [0.05, 0.1) is 0 Å². The molecule has 0 atom stereocenters. The summed E-state index contributed by atoms with van der Waals surface area (Å²) in [5.74, 6) is 6.56. The summed E-state index contributed by atoms with van der Waals surface area (Å²) in [6.45, 7) is 4.69. The van der Waals surface area contributed by atoms with Gasteiger partial charge in [-0.3, -0.25) is 0 Å². The lowest BCUT2D eigenvalue weighted by Gasteiger charge is -2.38. The molecule has 0 heterocycles. The molecular formula is C32H60. The SMILES string of the molecule is CCCCCCCCCC1CCC(C2CCC(CCC3CCC(CCC)CC3)CC2)CC1. The van der Waals surface area contributed by atoms with E-state index in [9.17, 15) is 0 Å². The molecule has 0 aliphatic heterocycles. The molecule has 0 nitrogen and oxygen atoms in total. The van der Waals surface area contributed by atoms with Gasteiger partial charge in [0.25, 0.3) is 0 Å². The Kier molecular flexibility index (Phi) is 13.1. The highest BCUT2D eigenvalue weighted by atomic mass is 14.4. The zero-order chi connectivity index (χ0) is 22.4. The third-order valence-electron chi connectivity index (χ3n) is 10.3. The van der Waals surface area contributed by atoms with E-state index in [2.05, 4.69) is 13.8 Å². The van der Waals surface area contributed by atoms with E-state index >= 15 is 0 Å². The number of hydrogen-bond donors (Lipinski definition) is 0. The zero-order valence-electron chi connectivity index (χ0n) is 22.4. The summed E-state index contributed by atoms with van der Waals surface area (Å²) in [6, 6.07) is 0. The minimum Gasteiger partial charge on any atom is -0.0654 e. The van der Waals surface area contributed by atoms with Gasteiger partial charge in [-0.25, -0.2) is 0 Å². The van der Waals surface area contributed by atoms with E-state index in [4.69, 9.17) is 0 Å². The summed E-state index contributed by atoms with van der Waals surface area (Å²) in [5.41, 5.74) is 0. The molecule has 0 heteroatoms. The second-order valence-electron chi connectivity index (χ2n) is 12.7. The zero-order valence-corrected chi connectivity index (χ0v) is 22.4. The number of rotatable bonds is 14. The summed E-state index contributed by atoms with van der Waals surface area (Å²) in [7, 11) is 0. The van der Waals surface area contributed by atoms with E-state index in [1.54, 1.807) is 96.3 Å². The van der Waals surface area contributed by atoms with Crippen LogP contribution in [0.5, 0.6) is 0 Å². The molecule has 0 bridgehead atoms. The van der Waals surface area contributed by atoms with Gasteiger partial charge in [-0.05, 0) is 61.2 Å². The van der Waals surface area contributed by atoms with E-state index in [1.807, 2.05) is 0 Å². The van der Waals surface area contributed by atoms with Crippen molar-refractivity contribution in [2.24, 2.45) is 35.5 Å². The Morgan fingerprint density at radius 2 is 0.719 bits per heavy atom. The van der Waals surface area contributed by atoms with Crippen molar-refractivity contribution in [1.29, 1.82) is 0 Å². The van der Waals surface area contributed by atoms with Gasteiger partial charge in [-0.15, -0.1) is 0 Å². The van der Waals surface area contributed by atoms with Crippen molar-refractivity contribution in [3.8, 4) is 0 Å². The maximum atomic E-state index is 2.37. The van der Waals surface area contributed by atoms with Crippen molar-refractivity contribution in [2.45, 2.75) is 168 Å². The fraction of sp³-hybridized carbons (Fsp3) is 1.00. The van der Waals surface area contributed by atoms with Crippen molar-refractivity contribution in [1.82, 2.24) is 0 Å². The molecule has 3 aliphatic carbocycles. The molecule has 32 heavy (non-hydrogen) atoms. The van der Waals surface area contributed by atoms with Gasteiger partial charge in [-0.2, -0.15) is 0 Å². The molecule has 0 aromatic heterocycles. The Labute approximate surface area is 203 Å². The molecule has 0 saturated heterocycles. The molecule has 3 saturated carbocycles. The van der Waals surface area contributed by atoms with Gasteiger partial charge < -0.3 is 0 Å². The lowest BCUT2D eigenvalue weighted by atomic mass is 9.68. The van der Waals surface area contributed by atoms with Crippen LogP contribution in [0.2, 0.25) is 0 Å². The topological polar surface area (TPSA) is 0 Å². The molecule has 0 aromatic carbocycles. The van der Waals surface area contributed by atoms with Crippen LogP contribution in [0.1, 0.15) is 168 Å². The van der Waals surface area contributed by atoms with Crippen LogP contribution in [0.4, 0.5) is 0 Å². The van der Waals surface area contributed by atoms with Gasteiger partial charge in [0.2, 0.25) is 0 Å². The quantitative estimate of drug-likeness (QED) is 0.234. The predicted molar refractivity (Wildman–Crippen MR) is 143 cm³/mol. The van der Waals surface area contributed by atoms with E-state index in [-0.39, 0.29) is 0 Å². The number of unbranched alkanes of at least 4 members (excludes halogenated alkanes) is 6. The largest absolute Gasteiger partial charge is 0.0654 e. The molecule has 0 amide bonds. The smallest absolute Gasteiger partial charge is 0.0386 e. The van der Waals surface area contributed by atoms with Crippen LogP contribution >= 0.6 is 0 Å². The van der Waals surface area contributed by atoms with Gasteiger partial charge in [-0.1, -0.05) is 142 Å². The van der Waals surface area contributed by atoms with Crippen LogP contribution in [0.25, 0.3) is 0 Å². The summed E-state index contributed by atoms with van der Waals surface area (Å²) in [4.78, 5) is 0. The molecule has 0 N–H and O–H groups in total. The van der Waals surface area contributed by atoms with E-state index < -0.39 is 0 Å². The first kappa shape index (κ1) is 26.6. The highest BCUT2D eigenvalue weighted by Gasteiger charge is 2.31. The minimum absolute atomic E-state index is 1.08. The average Bonchev–Trinajstić information content (AvgIpc) is 2.84. The van der Waals surface area contributed by atoms with Crippen LogP contribution in [0.3, 0.4) is 0 Å². The van der Waals surface area contributed by atoms with Crippen LogP contribution in [0.15, 0.2) is 0 Å². The van der Waals surface area contributed by atoms with Crippen molar-refractivity contribution in [2.75, 3.05) is 0 Å². The minimum atomic E-state index is 1.08. The molecule has 0 unspecified atom stereocenters. The summed E-state index contributed by atoms with van der Waals surface area (Å²) in [6.07, 6.45) is 36.7. The summed E-state index contributed by atoms with van der Waals surface area (Å²) in [5, 5.41) is 0. The fourth-order valence-electron chi connectivity index (χ4n) is 7.98. The highest BCUT2D eigenvalue weighted by Crippen LogP contribution is 2.44. The third kappa shape index (κ3) is 9.70. The molecule has 0 spiro atoms. The van der Waals surface area contributed by atoms with Gasteiger partial charge in [0.15, 0.2) is 0 Å². The van der Waals surface area contributed by atoms with Crippen LogP contribution in [-0.2, 0) is 0 Å². The predicted octanol–water partition coefficient (Wildman–Crippen LogP) is 11.1. The number of hydrogen-bond acceptors (Lipinski definition) is 0. The molecule has 3 aliphatic rings. The van der Waals surface area contributed by atoms with Crippen molar-refractivity contribution in [3.05, 3.63) is 0 Å². The first-order valence-electron chi connectivity index (χ1n) is 15.8. The third-order valence-corrected chi connectivity index (χ3v) is 10.3. The average molecular weight is 445 g/mol. The van der Waals surface area contributed by atoms with E-state index in [1.165, 1.54) is 57.8 Å². The monoisotopic (exact) mass is 444 g/mol. The van der Waals surface area contributed by atoms with Gasteiger partial charge in [0, 0.05) is 0 Å². The van der Waals surface area contributed by atoms with Crippen molar-refractivity contribution < 1.29 is 0 Å². The standard InChI is InChI=1S/C32H60/c1-3-5-6-7-8-9-10-12-28-19-23-31(24-20-28)32-25-21-30(22-26-32)18-17-29-15-13-27(11-4-2)14-16-29/h27-32H,3-26H2,1-2H3. The normalized spacial score (nSPS) is 33.9. The second-order valence-corrected chi connectivity index (χ2v) is 12.7. The van der Waals surface area contributed by atoms with Gasteiger partial charge in [0.1, 0.15) is 0 Å². The Hall–Kier alpha value is 0. The molecule has 3 fully saturated rings. The Balaban J connectivity index is 1.19. The summed E-state index contributed by atoms with van der Waals surface area (Å²) < 4.78 is 0. The van der Waals surface area contributed by atoms with Gasteiger partial charge >= 0.3 is 0 Å². The lowest BCUT2D eigenvalue weighted by molar-refractivity contribution is 0.135. The molecular weight excluding hydrogens is 384 g/mol. The lowest BCUT2D eigenvalue weighted by Crippen LogP contribution is -2.26. The molecule has 3 rings (SSSR count). The maximum Gasteiger partial charge on any atom is -0.0386 e. The Morgan fingerprint density at radius 1 is 0.344 bits per heavy atom. The van der Waals surface area contributed by atoms with E-state index in [0.29, 0.717) is 0 Å². The maximum absolute atomic E-state index is 2.37. The fourth-order valence-corrected chi connectivity index (χ4v) is 7.98. The Bertz CT molecular complexity index is 429.